The van der Waals surface area contributed by atoms with Crippen molar-refractivity contribution in [2.24, 2.45) is 0 Å². The van der Waals surface area contributed by atoms with Gasteiger partial charge < -0.3 is 10.1 Å². The maximum Gasteiger partial charge on any atom is 0.410 e. The molecule has 0 saturated carbocycles. The van der Waals surface area contributed by atoms with Crippen LogP contribution in [0.1, 0.15) is 51.2 Å². The molecule has 0 bridgehead atoms. The van der Waals surface area contributed by atoms with Gasteiger partial charge in [-0.15, -0.1) is 0 Å². The van der Waals surface area contributed by atoms with Gasteiger partial charge >= 0.3 is 6.09 Å². The fourth-order valence-electron chi connectivity index (χ4n) is 2.85. The molecule has 1 aromatic carbocycles. The number of hydrogen-bond acceptors (Lipinski definition) is 3. The van der Waals surface area contributed by atoms with E-state index in [1.54, 1.807) is 4.90 Å². The quantitative estimate of drug-likeness (QED) is 0.889. The molecule has 0 unspecified atom stereocenters. The van der Waals surface area contributed by atoms with Crippen LogP contribution in [0.2, 0.25) is 0 Å². The summed E-state index contributed by atoms with van der Waals surface area (Å²) in [6, 6.07) is 5.35. The van der Waals surface area contributed by atoms with Gasteiger partial charge in [-0.25, -0.2) is 4.79 Å². The smallest absolute Gasteiger partial charge is 0.410 e. The van der Waals surface area contributed by atoms with Crippen LogP contribution >= 0.6 is 0 Å². The second kappa shape index (κ2) is 7.24. The Morgan fingerprint density at radius 3 is 2.58 bits per heavy atom. The van der Waals surface area contributed by atoms with E-state index >= 15 is 0 Å². The normalized spacial score (nSPS) is 18.2. The first-order chi connectivity index (χ1) is 11.2. The molecule has 1 aromatic rings. The number of aryl methyl sites for hydroxylation is 1. The number of anilines is 1. The topological polar surface area (TPSA) is 58.6 Å². The van der Waals surface area contributed by atoms with Crippen molar-refractivity contribution in [3.63, 3.8) is 0 Å². The van der Waals surface area contributed by atoms with E-state index in [9.17, 15) is 9.59 Å². The number of amides is 2. The summed E-state index contributed by atoms with van der Waals surface area (Å²) >= 11 is 0. The molecule has 1 aliphatic heterocycles. The summed E-state index contributed by atoms with van der Waals surface area (Å²) in [7, 11) is 0. The van der Waals surface area contributed by atoms with Gasteiger partial charge in [0.05, 0.1) is 0 Å². The minimum atomic E-state index is -0.567. The molecule has 0 radical (unpaired) electrons. The minimum absolute atomic E-state index is 0.144. The first-order valence-corrected chi connectivity index (χ1v) is 8.56. The van der Waals surface area contributed by atoms with Crippen molar-refractivity contribution in [1.29, 1.82) is 0 Å². The minimum Gasteiger partial charge on any atom is -0.444 e. The predicted molar refractivity (Wildman–Crippen MR) is 95.1 cm³/mol. The van der Waals surface area contributed by atoms with Crippen molar-refractivity contribution in [3.8, 4) is 0 Å². The average Bonchev–Trinajstić information content (AvgIpc) is 2.50. The van der Waals surface area contributed by atoms with Crippen molar-refractivity contribution < 1.29 is 14.3 Å². The second-order valence-corrected chi connectivity index (χ2v) is 7.42. The van der Waals surface area contributed by atoms with Gasteiger partial charge in [0.15, 0.2) is 0 Å². The van der Waals surface area contributed by atoms with Crippen LogP contribution in [0.15, 0.2) is 18.2 Å². The number of nitrogens with zero attached hydrogens (tertiary/aromatic N) is 1. The summed E-state index contributed by atoms with van der Waals surface area (Å²) in [6.07, 6.45) is 2.08. The second-order valence-electron chi connectivity index (χ2n) is 7.42. The molecule has 24 heavy (non-hydrogen) atoms. The molecule has 0 spiro atoms. The summed E-state index contributed by atoms with van der Waals surface area (Å²) in [5, 5.41) is 2.98. The van der Waals surface area contributed by atoms with Crippen LogP contribution in [0.25, 0.3) is 0 Å². The van der Waals surface area contributed by atoms with Gasteiger partial charge in [0.25, 0.3) is 0 Å². The van der Waals surface area contributed by atoms with Crippen LogP contribution in [0, 0.1) is 13.8 Å². The molecule has 5 heteroatoms. The SMILES string of the molecule is Cc1cccc(NC(=O)[C@@H]2CCCCN2C(=O)OC(C)(C)C)c1C. The van der Waals surface area contributed by atoms with Crippen LogP contribution in [0.4, 0.5) is 10.5 Å². The largest absolute Gasteiger partial charge is 0.444 e. The van der Waals surface area contributed by atoms with Crippen molar-refractivity contribution in [2.75, 3.05) is 11.9 Å². The molecule has 1 heterocycles. The molecule has 1 fully saturated rings. The number of hydrogen-bond donors (Lipinski definition) is 1. The molecule has 2 amide bonds. The lowest BCUT2D eigenvalue weighted by atomic mass is 10.0. The van der Waals surface area contributed by atoms with E-state index in [1.807, 2.05) is 52.8 Å². The molecule has 1 aliphatic rings. The third-order valence-corrected chi connectivity index (χ3v) is 4.30. The first-order valence-electron chi connectivity index (χ1n) is 8.56. The van der Waals surface area contributed by atoms with Gasteiger partial charge in [0.2, 0.25) is 5.91 Å². The number of nitrogens with one attached hydrogen (secondary N) is 1. The molecular weight excluding hydrogens is 304 g/mol. The van der Waals surface area contributed by atoms with Gasteiger partial charge in [-0.2, -0.15) is 0 Å². The van der Waals surface area contributed by atoms with Gasteiger partial charge in [0, 0.05) is 12.2 Å². The fourth-order valence-corrected chi connectivity index (χ4v) is 2.85. The Hall–Kier alpha value is -2.04. The van der Waals surface area contributed by atoms with Gasteiger partial charge in [0.1, 0.15) is 11.6 Å². The van der Waals surface area contributed by atoms with E-state index in [4.69, 9.17) is 4.74 Å². The zero-order valence-corrected chi connectivity index (χ0v) is 15.3. The van der Waals surface area contributed by atoms with Gasteiger partial charge in [-0.3, -0.25) is 9.69 Å². The summed E-state index contributed by atoms with van der Waals surface area (Å²) in [5.41, 5.74) is 2.41. The molecule has 5 nitrogen and oxygen atoms in total. The molecular formula is C19H28N2O3. The standard InChI is InChI=1S/C19H28N2O3/c1-13-9-8-10-15(14(13)2)20-17(22)16-11-6-7-12-21(16)18(23)24-19(3,4)5/h8-10,16H,6-7,11-12H2,1-5H3,(H,20,22)/t16-/m0/s1. The maximum atomic E-state index is 12.8. The number of likely N-dealkylation sites (tertiary alicyclic amines) is 1. The van der Waals surface area contributed by atoms with Crippen LogP contribution in [-0.2, 0) is 9.53 Å². The summed E-state index contributed by atoms with van der Waals surface area (Å²) in [5.74, 6) is -0.144. The highest BCUT2D eigenvalue weighted by molar-refractivity contribution is 5.97. The van der Waals surface area contributed by atoms with Crippen LogP contribution in [0.3, 0.4) is 0 Å². The van der Waals surface area contributed by atoms with E-state index in [-0.39, 0.29) is 5.91 Å². The molecule has 0 aromatic heterocycles. The average molecular weight is 332 g/mol. The molecule has 132 valence electrons. The lowest BCUT2D eigenvalue weighted by molar-refractivity contribution is -0.122. The van der Waals surface area contributed by atoms with Crippen LogP contribution in [0.5, 0.6) is 0 Å². The zero-order valence-electron chi connectivity index (χ0n) is 15.3. The summed E-state index contributed by atoms with van der Waals surface area (Å²) < 4.78 is 5.46. The van der Waals surface area contributed by atoms with E-state index in [0.717, 1.165) is 29.7 Å². The Balaban J connectivity index is 2.13. The van der Waals surface area contributed by atoms with E-state index in [0.29, 0.717) is 13.0 Å². The Bertz CT molecular complexity index is 620. The predicted octanol–water partition coefficient (Wildman–Crippen LogP) is 4.03. The third kappa shape index (κ3) is 4.49. The number of piperidine rings is 1. The molecule has 1 N–H and O–H groups in total. The number of carbonyl (C=O) groups is 2. The molecule has 1 saturated heterocycles. The highest BCUT2D eigenvalue weighted by Gasteiger charge is 2.34. The lowest BCUT2D eigenvalue weighted by Crippen LogP contribution is -2.51. The number of rotatable bonds is 2. The summed E-state index contributed by atoms with van der Waals surface area (Å²) in [4.78, 5) is 26.7. The molecule has 1 atom stereocenters. The number of carbonyl (C=O) groups excluding carboxylic acids is 2. The van der Waals surface area contributed by atoms with Crippen molar-refractivity contribution >= 4 is 17.7 Å². The van der Waals surface area contributed by atoms with Crippen LogP contribution < -0.4 is 5.32 Å². The Kier molecular flexibility index (Phi) is 5.52. The van der Waals surface area contributed by atoms with Crippen molar-refractivity contribution in [1.82, 2.24) is 4.90 Å². The monoisotopic (exact) mass is 332 g/mol. The van der Waals surface area contributed by atoms with Gasteiger partial charge in [-0.05, 0) is 71.1 Å². The van der Waals surface area contributed by atoms with E-state index in [2.05, 4.69) is 5.32 Å². The van der Waals surface area contributed by atoms with Gasteiger partial charge in [-0.1, -0.05) is 12.1 Å². The molecule has 0 aliphatic carbocycles. The highest BCUT2D eigenvalue weighted by atomic mass is 16.6. The molecule has 2 rings (SSSR count). The van der Waals surface area contributed by atoms with E-state index < -0.39 is 17.7 Å². The summed E-state index contributed by atoms with van der Waals surface area (Å²) in [6.45, 7) is 10.1. The van der Waals surface area contributed by atoms with Crippen molar-refractivity contribution in [3.05, 3.63) is 29.3 Å². The fraction of sp³-hybridized carbons (Fsp3) is 0.579. The zero-order chi connectivity index (χ0) is 17.9. The lowest BCUT2D eigenvalue weighted by Gasteiger charge is -2.35. The van der Waals surface area contributed by atoms with Crippen LogP contribution in [-0.4, -0.2) is 35.1 Å². The van der Waals surface area contributed by atoms with E-state index in [1.165, 1.54) is 0 Å². The Morgan fingerprint density at radius 1 is 1.21 bits per heavy atom. The third-order valence-electron chi connectivity index (χ3n) is 4.30. The Morgan fingerprint density at radius 2 is 1.92 bits per heavy atom. The first kappa shape index (κ1) is 18.3. The maximum absolute atomic E-state index is 12.8. The highest BCUT2D eigenvalue weighted by Crippen LogP contribution is 2.23. The Labute approximate surface area is 144 Å². The van der Waals surface area contributed by atoms with Crippen molar-refractivity contribution in [2.45, 2.75) is 65.5 Å². The number of ether oxygens (including phenoxy) is 1. The number of benzene rings is 1.